The molecule has 3 rings (SSSR count). The molecule has 0 spiro atoms. The molecule has 0 aromatic heterocycles. The first-order chi connectivity index (χ1) is 16.0. The van der Waals surface area contributed by atoms with Crippen LogP contribution in [0.4, 0.5) is 0 Å². The van der Waals surface area contributed by atoms with Crippen LogP contribution in [0.2, 0.25) is 0 Å². The molecule has 3 aromatic carbocycles. The van der Waals surface area contributed by atoms with Crippen molar-refractivity contribution in [1.29, 1.82) is 5.26 Å². The van der Waals surface area contributed by atoms with Gasteiger partial charge in [0, 0.05) is 6.42 Å². The zero-order valence-electron chi connectivity index (χ0n) is 19.7. The second-order valence-corrected chi connectivity index (χ2v) is 11.1. The number of hydrogen-bond acceptors (Lipinski definition) is 6. The predicted molar refractivity (Wildman–Crippen MR) is 131 cm³/mol. The lowest BCUT2D eigenvalue weighted by Gasteiger charge is -2.17. The average molecular weight is 478 g/mol. The molecule has 0 heterocycles. The number of methoxy groups -OCH3 is 1. The summed E-state index contributed by atoms with van der Waals surface area (Å²) in [5, 5.41) is 9.28. The van der Waals surface area contributed by atoms with Gasteiger partial charge in [0.05, 0.1) is 18.7 Å². The van der Waals surface area contributed by atoms with Crippen LogP contribution in [-0.2, 0) is 14.6 Å². The fraction of sp³-hybridized carbons (Fsp3) is 0.259. The van der Waals surface area contributed by atoms with Crippen molar-refractivity contribution in [3.05, 3.63) is 72.3 Å². The molecule has 34 heavy (non-hydrogen) atoms. The standard InChI is InChI=1S/C27H27NO5S/c1-27(2,3)16-22(29)18-34(30,31)26-14-19(17-28)8-13-25(26)33-24-7-5-6-21(15-24)20-9-11-23(32-4)12-10-20/h5-15H,16,18H2,1-4H3. The van der Waals surface area contributed by atoms with Crippen molar-refractivity contribution < 1.29 is 22.7 Å². The first kappa shape index (κ1) is 25.0. The third kappa shape index (κ3) is 6.46. The Morgan fingerprint density at radius 3 is 2.26 bits per heavy atom. The van der Waals surface area contributed by atoms with E-state index in [0.29, 0.717) is 5.75 Å². The van der Waals surface area contributed by atoms with Gasteiger partial charge < -0.3 is 9.47 Å². The Labute approximate surface area is 200 Å². The molecule has 3 aromatic rings. The minimum Gasteiger partial charge on any atom is -0.497 e. The molecule has 0 N–H and O–H groups in total. The van der Waals surface area contributed by atoms with Crippen molar-refractivity contribution in [2.75, 3.05) is 12.9 Å². The number of carbonyl (C=O) groups is 1. The smallest absolute Gasteiger partial charge is 0.189 e. The number of benzene rings is 3. The van der Waals surface area contributed by atoms with Gasteiger partial charge in [-0.15, -0.1) is 0 Å². The van der Waals surface area contributed by atoms with Crippen LogP contribution >= 0.6 is 0 Å². The molecule has 0 unspecified atom stereocenters. The maximum atomic E-state index is 13.1. The second-order valence-electron chi connectivity index (χ2n) is 9.17. The van der Waals surface area contributed by atoms with Crippen molar-refractivity contribution >= 4 is 15.6 Å². The van der Waals surface area contributed by atoms with Crippen LogP contribution < -0.4 is 9.47 Å². The van der Waals surface area contributed by atoms with E-state index in [-0.39, 0.29) is 33.8 Å². The zero-order valence-corrected chi connectivity index (χ0v) is 20.5. The van der Waals surface area contributed by atoms with Gasteiger partial charge in [-0.2, -0.15) is 5.26 Å². The Hall–Kier alpha value is -3.63. The molecule has 0 fully saturated rings. The number of nitriles is 1. The highest BCUT2D eigenvalue weighted by Gasteiger charge is 2.27. The molecule has 7 heteroatoms. The van der Waals surface area contributed by atoms with Gasteiger partial charge in [0.1, 0.15) is 33.7 Å². The Bertz CT molecular complexity index is 1330. The Morgan fingerprint density at radius 1 is 0.941 bits per heavy atom. The molecule has 0 aliphatic heterocycles. The van der Waals surface area contributed by atoms with Gasteiger partial charge in [0.15, 0.2) is 9.84 Å². The topological polar surface area (TPSA) is 93.5 Å². The monoisotopic (exact) mass is 477 g/mol. The van der Waals surface area contributed by atoms with Crippen LogP contribution in [0.15, 0.2) is 71.6 Å². The summed E-state index contributed by atoms with van der Waals surface area (Å²) in [5.74, 6) is 0.193. The lowest BCUT2D eigenvalue weighted by molar-refractivity contribution is -0.118. The van der Waals surface area contributed by atoms with Gasteiger partial charge in [-0.05, 0) is 59.0 Å². The molecule has 0 saturated heterocycles. The van der Waals surface area contributed by atoms with Crippen molar-refractivity contribution in [2.45, 2.75) is 32.1 Å². The van der Waals surface area contributed by atoms with E-state index in [1.54, 1.807) is 25.3 Å². The molecular formula is C27H27NO5S. The number of ketones is 1. The van der Waals surface area contributed by atoms with E-state index >= 15 is 0 Å². The van der Waals surface area contributed by atoms with Crippen molar-refractivity contribution in [2.24, 2.45) is 5.41 Å². The number of nitrogens with zero attached hydrogens (tertiary/aromatic N) is 1. The number of sulfone groups is 1. The first-order valence-corrected chi connectivity index (χ1v) is 12.4. The zero-order chi connectivity index (χ0) is 24.9. The molecule has 6 nitrogen and oxygen atoms in total. The quantitative estimate of drug-likeness (QED) is 0.407. The second kappa shape index (κ2) is 10.1. The number of ether oxygens (including phenoxy) is 2. The molecule has 0 atom stereocenters. The Morgan fingerprint density at radius 2 is 1.65 bits per heavy atom. The van der Waals surface area contributed by atoms with Crippen molar-refractivity contribution in [3.63, 3.8) is 0 Å². The summed E-state index contributed by atoms with van der Waals surface area (Å²) >= 11 is 0. The molecule has 0 amide bonds. The van der Waals surface area contributed by atoms with E-state index in [1.807, 2.05) is 57.2 Å². The Kier molecular flexibility index (Phi) is 7.43. The number of hydrogen-bond donors (Lipinski definition) is 0. The fourth-order valence-corrected chi connectivity index (χ4v) is 4.89. The van der Waals surface area contributed by atoms with E-state index in [2.05, 4.69) is 0 Å². The summed E-state index contributed by atoms with van der Waals surface area (Å²) < 4.78 is 37.4. The van der Waals surface area contributed by atoms with Gasteiger partial charge in [0.2, 0.25) is 0 Å². The van der Waals surface area contributed by atoms with E-state index in [4.69, 9.17) is 9.47 Å². The lowest BCUT2D eigenvalue weighted by atomic mass is 9.90. The molecule has 0 aliphatic rings. The summed E-state index contributed by atoms with van der Waals surface area (Å²) in [6, 6.07) is 20.9. The summed E-state index contributed by atoms with van der Waals surface area (Å²) in [5.41, 5.74) is 1.65. The van der Waals surface area contributed by atoms with Gasteiger partial charge in [-0.1, -0.05) is 45.0 Å². The minimum atomic E-state index is -4.02. The normalized spacial score (nSPS) is 11.5. The van der Waals surface area contributed by atoms with Crippen LogP contribution in [0.3, 0.4) is 0 Å². The highest BCUT2D eigenvalue weighted by atomic mass is 32.2. The van der Waals surface area contributed by atoms with E-state index in [0.717, 1.165) is 16.9 Å². The first-order valence-electron chi connectivity index (χ1n) is 10.7. The third-order valence-electron chi connectivity index (χ3n) is 4.97. The van der Waals surface area contributed by atoms with Crippen LogP contribution in [-0.4, -0.2) is 27.1 Å². The van der Waals surface area contributed by atoms with Gasteiger partial charge in [-0.25, -0.2) is 8.42 Å². The molecule has 0 saturated carbocycles. The maximum absolute atomic E-state index is 13.1. The summed E-state index contributed by atoms with van der Waals surface area (Å²) in [6.07, 6.45) is 0.129. The third-order valence-corrected chi connectivity index (χ3v) is 6.66. The van der Waals surface area contributed by atoms with Gasteiger partial charge in [0.25, 0.3) is 0 Å². The molecule has 0 bridgehead atoms. The number of Topliss-reactive ketones (excluding diaryl/α,β-unsaturated/α-hetero) is 1. The van der Waals surface area contributed by atoms with E-state index < -0.39 is 15.6 Å². The van der Waals surface area contributed by atoms with Crippen LogP contribution in [0, 0.1) is 16.7 Å². The average Bonchev–Trinajstić information content (AvgIpc) is 2.78. The maximum Gasteiger partial charge on any atom is 0.189 e. The summed E-state index contributed by atoms with van der Waals surface area (Å²) in [6.45, 7) is 5.62. The lowest BCUT2D eigenvalue weighted by Crippen LogP contribution is -2.21. The van der Waals surface area contributed by atoms with E-state index in [9.17, 15) is 18.5 Å². The largest absolute Gasteiger partial charge is 0.497 e. The highest BCUT2D eigenvalue weighted by molar-refractivity contribution is 7.92. The van der Waals surface area contributed by atoms with Gasteiger partial charge in [-0.3, -0.25) is 4.79 Å². The number of rotatable bonds is 8. The molecule has 0 radical (unpaired) electrons. The fourth-order valence-electron chi connectivity index (χ4n) is 3.49. The summed E-state index contributed by atoms with van der Waals surface area (Å²) in [7, 11) is -2.42. The Balaban J connectivity index is 1.94. The minimum absolute atomic E-state index is 0.0643. The van der Waals surface area contributed by atoms with E-state index in [1.165, 1.54) is 18.2 Å². The number of carbonyl (C=O) groups excluding carboxylic acids is 1. The van der Waals surface area contributed by atoms with Gasteiger partial charge >= 0.3 is 0 Å². The summed E-state index contributed by atoms with van der Waals surface area (Å²) in [4.78, 5) is 12.2. The SMILES string of the molecule is COc1ccc(-c2cccc(Oc3ccc(C#N)cc3S(=O)(=O)CC(=O)CC(C)(C)C)c2)cc1. The predicted octanol–water partition coefficient (Wildman–Crippen LogP) is 5.81. The molecule has 176 valence electrons. The van der Waals surface area contributed by atoms with Crippen molar-refractivity contribution in [3.8, 4) is 34.4 Å². The van der Waals surface area contributed by atoms with Crippen LogP contribution in [0.5, 0.6) is 17.2 Å². The van der Waals surface area contributed by atoms with Crippen molar-refractivity contribution in [1.82, 2.24) is 0 Å². The molecular weight excluding hydrogens is 450 g/mol. The van der Waals surface area contributed by atoms with Crippen LogP contribution in [0.25, 0.3) is 11.1 Å². The highest BCUT2D eigenvalue weighted by Crippen LogP contribution is 2.33. The van der Waals surface area contributed by atoms with Crippen LogP contribution in [0.1, 0.15) is 32.8 Å². The molecule has 0 aliphatic carbocycles.